The molecule has 0 saturated heterocycles. The molecule has 2 N–H and O–H groups in total. The third-order valence-corrected chi connectivity index (χ3v) is 5.42. The maximum atomic E-state index is 13.0. The number of anilines is 1. The maximum Gasteiger partial charge on any atom is 0.265 e. The second kappa shape index (κ2) is 7.08. The number of nitrogens with zero attached hydrogens (tertiary/aromatic N) is 2. The summed E-state index contributed by atoms with van der Waals surface area (Å²) in [7, 11) is -3.83. The number of rotatable bonds is 5. The fourth-order valence-electron chi connectivity index (χ4n) is 2.71. The minimum absolute atomic E-state index is 0.0732. The lowest BCUT2D eigenvalue weighted by Crippen LogP contribution is -2.20. The van der Waals surface area contributed by atoms with E-state index in [-0.39, 0.29) is 10.6 Å². The summed E-state index contributed by atoms with van der Waals surface area (Å²) in [5.74, 6) is 0.0732. The number of aromatic nitrogens is 2. The Labute approximate surface area is 159 Å². The van der Waals surface area contributed by atoms with Gasteiger partial charge in [-0.05, 0) is 29.8 Å². The highest BCUT2D eigenvalue weighted by Crippen LogP contribution is 2.29. The van der Waals surface area contributed by atoms with E-state index in [1.807, 2.05) is 51.1 Å². The molecule has 0 unspecified atom stereocenters. The third-order valence-electron chi connectivity index (χ3n) is 4.03. The number of phenolic OH excluding ortho intramolecular Hbond substituents is 1. The summed E-state index contributed by atoms with van der Waals surface area (Å²) in [6.45, 7) is 6.28. The quantitative estimate of drug-likeness (QED) is 0.656. The van der Waals surface area contributed by atoms with Gasteiger partial charge in [0, 0.05) is 17.3 Å². The van der Waals surface area contributed by atoms with Gasteiger partial charge in [0.1, 0.15) is 10.6 Å². The first-order valence-electron chi connectivity index (χ1n) is 8.59. The second-order valence-electron chi connectivity index (χ2n) is 7.43. The SMILES string of the molecule is CC(C)(C)c1nn(Cc2ccccc2)cc1S(=O)(=O)Nc1ccc(O)cc1. The summed E-state index contributed by atoms with van der Waals surface area (Å²) in [5.41, 5.74) is 1.48. The van der Waals surface area contributed by atoms with Gasteiger partial charge in [0.15, 0.2) is 0 Å². The molecule has 0 spiro atoms. The Bertz CT molecular complexity index is 1020. The van der Waals surface area contributed by atoms with Crippen LogP contribution in [0.3, 0.4) is 0 Å². The topological polar surface area (TPSA) is 84.2 Å². The molecule has 3 aromatic rings. The molecule has 0 fully saturated rings. The molecule has 1 heterocycles. The molecule has 0 bridgehead atoms. The van der Waals surface area contributed by atoms with Crippen LogP contribution in [0.1, 0.15) is 32.0 Å². The maximum absolute atomic E-state index is 13.0. The van der Waals surface area contributed by atoms with Gasteiger partial charge in [-0.3, -0.25) is 9.40 Å². The molecule has 0 atom stereocenters. The van der Waals surface area contributed by atoms with Crippen LogP contribution in [0, 0.1) is 0 Å². The first kappa shape index (κ1) is 19.0. The Kier molecular flexibility index (Phi) is 4.97. The van der Waals surface area contributed by atoms with Gasteiger partial charge in [0.2, 0.25) is 0 Å². The van der Waals surface area contributed by atoms with Crippen molar-refractivity contribution in [3.8, 4) is 5.75 Å². The van der Waals surface area contributed by atoms with E-state index in [4.69, 9.17) is 0 Å². The van der Waals surface area contributed by atoms with Crippen molar-refractivity contribution in [2.75, 3.05) is 4.72 Å². The molecule has 0 saturated carbocycles. The summed E-state index contributed by atoms with van der Waals surface area (Å²) < 4.78 is 30.2. The molecule has 0 aliphatic heterocycles. The number of nitrogens with one attached hydrogen (secondary N) is 1. The van der Waals surface area contributed by atoms with E-state index in [0.717, 1.165) is 5.56 Å². The normalized spacial score (nSPS) is 12.1. The molecule has 142 valence electrons. The van der Waals surface area contributed by atoms with E-state index in [2.05, 4.69) is 9.82 Å². The molecule has 0 aliphatic carbocycles. The van der Waals surface area contributed by atoms with Gasteiger partial charge in [-0.25, -0.2) is 8.42 Å². The summed E-state index contributed by atoms with van der Waals surface area (Å²) in [6, 6.07) is 15.6. The molecule has 7 heteroatoms. The van der Waals surface area contributed by atoms with Crippen molar-refractivity contribution < 1.29 is 13.5 Å². The molecule has 1 aromatic heterocycles. The predicted octanol–water partition coefficient (Wildman–Crippen LogP) is 3.74. The first-order chi connectivity index (χ1) is 12.6. The molecule has 2 aromatic carbocycles. The van der Waals surface area contributed by atoms with Crippen LogP contribution in [-0.4, -0.2) is 23.3 Å². The summed E-state index contributed by atoms with van der Waals surface area (Å²) in [4.78, 5) is 0.152. The van der Waals surface area contributed by atoms with Crippen LogP contribution < -0.4 is 4.72 Å². The zero-order valence-corrected chi connectivity index (χ0v) is 16.4. The van der Waals surface area contributed by atoms with Crippen LogP contribution in [0.4, 0.5) is 5.69 Å². The Balaban J connectivity index is 1.98. The van der Waals surface area contributed by atoms with E-state index >= 15 is 0 Å². The van der Waals surface area contributed by atoms with Crippen molar-refractivity contribution in [3.63, 3.8) is 0 Å². The number of phenols is 1. The minimum Gasteiger partial charge on any atom is -0.508 e. The number of hydrogen-bond acceptors (Lipinski definition) is 4. The third kappa shape index (κ3) is 4.49. The average molecular weight is 385 g/mol. The number of hydrogen-bond donors (Lipinski definition) is 2. The standard InChI is InChI=1S/C20H23N3O3S/c1-20(2,3)19-18(14-23(21-19)13-15-7-5-4-6-8-15)27(25,26)22-16-9-11-17(24)12-10-16/h4-12,14,22,24H,13H2,1-3H3. The van der Waals surface area contributed by atoms with Crippen LogP contribution in [0.2, 0.25) is 0 Å². The number of aromatic hydroxyl groups is 1. The minimum atomic E-state index is -3.83. The highest BCUT2D eigenvalue weighted by molar-refractivity contribution is 7.92. The van der Waals surface area contributed by atoms with Crippen LogP contribution in [0.25, 0.3) is 0 Å². The van der Waals surface area contributed by atoms with Gasteiger partial charge in [0.25, 0.3) is 10.0 Å². The van der Waals surface area contributed by atoms with E-state index in [1.54, 1.807) is 10.9 Å². The van der Waals surface area contributed by atoms with Crippen molar-refractivity contribution in [2.24, 2.45) is 0 Å². The molecular weight excluding hydrogens is 362 g/mol. The molecular formula is C20H23N3O3S. The fraction of sp³-hybridized carbons (Fsp3) is 0.250. The van der Waals surface area contributed by atoms with Crippen molar-refractivity contribution >= 4 is 15.7 Å². The summed E-state index contributed by atoms with van der Waals surface area (Å²) in [5, 5.41) is 13.9. The molecule has 0 radical (unpaired) electrons. The van der Waals surface area contributed by atoms with Crippen LogP contribution in [0.15, 0.2) is 65.7 Å². The van der Waals surface area contributed by atoms with Crippen molar-refractivity contribution in [2.45, 2.75) is 37.6 Å². The zero-order valence-electron chi connectivity index (χ0n) is 15.5. The smallest absolute Gasteiger partial charge is 0.265 e. The Morgan fingerprint density at radius 1 is 1.04 bits per heavy atom. The lowest BCUT2D eigenvalue weighted by Gasteiger charge is -2.17. The van der Waals surface area contributed by atoms with Gasteiger partial charge in [-0.15, -0.1) is 0 Å². The van der Waals surface area contributed by atoms with Gasteiger partial charge in [-0.1, -0.05) is 51.1 Å². The second-order valence-corrected chi connectivity index (χ2v) is 9.08. The fourth-order valence-corrected chi connectivity index (χ4v) is 4.13. The van der Waals surface area contributed by atoms with Gasteiger partial charge in [0.05, 0.1) is 12.2 Å². The zero-order chi connectivity index (χ0) is 19.7. The lowest BCUT2D eigenvalue weighted by molar-refractivity contribution is 0.475. The highest BCUT2D eigenvalue weighted by Gasteiger charge is 2.30. The van der Waals surface area contributed by atoms with E-state index < -0.39 is 15.4 Å². The lowest BCUT2D eigenvalue weighted by atomic mass is 9.92. The molecule has 0 amide bonds. The predicted molar refractivity (Wildman–Crippen MR) is 105 cm³/mol. The van der Waals surface area contributed by atoms with Gasteiger partial charge >= 0.3 is 0 Å². The van der Waals surface area contributed by atoms with Crippen molar-refractivity contribution in [1.29, 1.82) is 0 Å². The van der Waals surface area contributed by atoms with Crippen molar-refractivity contribution in [3.05, 3.63) is 72.1 Å². The van der Waals surface area contributed by atoms with Crippen LogP contribution >= 0.6 is 0 Å². The van der Waals surface area contributed by atoms with E-state index in [0.29, 0.717) is 17.9 Å². The van der Waals surface area contributed by atoms with E-state index in [1.165, 1.54) is 24.3 Å². The molecule has 6 nitrogen and oxygen atoms in total. The summed E-state index contributed by atoms with van der Waals surface area (Å²) in [6.07, 6.45) is 1.57. The number of sulfonamides is 1. The number of benzene rings is 2. The average Bonchev–Trinajstić information content (AvgIpc) is 3.03. The van der Waals surface area contributed by atoms with Crippen molar-refractivity contribution in [1.82, 2.24) is 9.78 Å². The largest absolute Gasteiger partial charge is 0.508 e. The Morgan fingerprint density at radius 3 is 2.26 bits per heavy atom. The Hall–Kier alpha value is -2.80. The Morgan fingerprint density at radius 2 is 1.67 bits per heavy atom. The first-order valence-corrected chi connectivity index (χ1v) is 10.1. The monoisotopic (exact) mass is 385 g/mol. The van der Waals surface area contributed by atoms with Gasteiger partial charge < -0.3 is 5.11 Å². The molecule has 27 heavy (non-hydrogen) atoms. The molecule has 0 aliphatic rings. The summed E-state index contributed by atoms with van der Waals surface area (Å²) >= 11 is 0. The van der Waals surface area contributed by atoms with E-state index in [9.17, 15) is 13.5 Å². The van der Waals surface area contributed by atoms with Gasteiger partial charge in [-0.2, -0.15) is 5.10 Å². The highest BCUT2D eigenvalue weighted by atomic mass is 32.2. The van der Waals surface area contributed by atoms with Crippen LogP contribution in [-0.2, 0) is 22.0 Å². The van der Waals surface area contributed by atoms with Crippen LogP contribution in [0.5, 0.6) is 5.75 Å². The molecule has 3 rings (SSSR count).